The number of carbonyl (C=O) groups excluding carboxylic acids is 2. The molecule has 0 spiro atoms. The molecule has 9 heteroatoms. The lowest BCUT2D eigenvalue weighted by Crippen LogP contribution is -2.32. The second-order valence-corrected chi connectivity index (χ2v) is 6.27. The van der Waals surface area contributed by atoms with Gasteiger partial charge in [-0.1, -0.05) is 6.07 Å². The van der Waals surface area contributed by atoms with Gasteiger partial charge in [-0.2, -0.15) is 5.10 Å². The van der Waals surface area contributed by atoms with Crippen LogP contribution in [0.2, 0.25) is 0 Å². The van der Waals surface area contributed by atoms with E-state index in [9.17, 15) is 14.4 Å². The Morgan fingerprint density at radius 3 is 2.43 bits per heavy atom. The molecule has 0 aliphatic heterocycles. The number of nitrogens with one attached hydrogen (secondary N) is 2. The minimum absolute atomic E-state index is 0.271. The van der Waals surface area contributed by atoms with Gasteiger partial charge < -0.3 is 19.9 Å². The van der Waals surface area contributed by atoms with E-state index in [1.54, 1.807) is 31.2 Å². The maximum Gasteiger partial charge on any atom is 0.341 e. The number of hydrogen-bond donors (Lipinski definition) is 3. The van der Waals surface area contributed by atoms with Crippen LogP contribution >= 0.6 is 0 Å². The summed E-state index contributed by atoms with van der Waals surface area (Å²) in [5, 5.41) is 15.0. The normalized spacial score (nSPS) is 10.5. The first-order valence-electron chi connectivity index (χ1n) is 9.13. The second kappa shape index (κ2) is 10.6. The predicted octanol–water partition coefficient (Wildman–Crippen LogP) is 2.25. The zero-order valence-corrected chi connectivity index (χ0v) is 16.9. The van der Waals surface area contributed by atoms with Crippen molar-refractivity contribution in [2.24, 2.45) is 5.10 Å². The number of ether oxygens (including phenoxy) is 2. The van der Waals surface area contributed by atoms with Gasteiger partial charge in [-0.3, -0.25) is 9.59 Å². The predicted molar refractivity (Wildman–Crippen MR) is 111 cm³/mol. The molecule has 0 atom stereocenters. The Morgan fingerprint density at radius 1 is 1.00 bits per heavy atom. The maximum absolute atomic E-state index is 12.0. The molecule has 0 fully saturated rings. The van der Waals surface area contributed by atoms with Crippen LogP contribution in [0.3, 0.4) is 0 Å². The molecule has 0 heterocycles. The molecule has 2 aromatic rings. The van der Waals surface area contributed by atoms with Crippen molar-refractivity contribution in [1.29, 1.82) is 0 Å². The molecule has 9 nitrogen and oxygen atoms in total. The monoisotopic (exact) mass is 413 g/mol. The number of hydrogen-bond acceptors (Lipinski definition) is 6. The molecule has 158 valence electrons. The number of amides is 2. The smallest absolute Gasteiger partial charge is 0.341 e. The zero-order valence-electron chi connectivity index (χ0n) is 16.9. The van der Waals surface area contributed by atoms with E-state index in [1.165, 1.54) is 12.3 Å². The molecule has 0 saturated carbocycles. The van der Waals surface area contributed by atoms with Crippen LogP contribution in [-0.2, 0) is 14.4 Å². The van der Waals surface area contributed by atoms with E-state index < -0.39 is 24.4 Å². The molecule has 0 aliphatic carbocycles. The van der Waals surface area contributed by atoms with Gasteiger partial charge in [0.1, 0.15) is 0 Å². The molecular weight excluding hydrogens is 390 g/mol. The fourth-order valence-corrected chi connectivity index (χ4v) is 2.36. The summed E-state index contributed by atoms with van der Waals surface area (Å²) in [6, 6.07) is 10.0. The van der Waals surface area contributed by atoms with Gasteiger partial charge in [0.25, 0.3) is 0 Å². The van der Waals surface area contributed by atoms with Crippen LogP contribution in [0.15, 0.2) is 41.5 Å². The Balaban J connectivity index is 1.98. The van der Waals surface area contributed by atoms with Crippen LogP contribution in [0.25, 0.3) is 0 Å². The SMILES string of the molecule is CCOc1cc(/C=N\NC(=O)C(=O)Nc2ccc(C)c(C)c2)ccc1OCC(=O)O. The van der Waals surface area contributed by atoms with Crippen molar-refractivity contribution in [3.8, 4) is 11.5 Å². The highest BCUT2D eigenvalue weighted by molar-refractivity contribution is 6.39. The third-order valence-corrected chi connectivity index (χ3v) is 3.97. The minimum Gasteiger partial charge on any atom is -0.490 e. The summed E-state index contributed by atoms with van der Waals surface area (Å²) < 4.78 is 10.6. The maximum atomic E-state index is 12.0. The molecule has 0 bridgehead atoms. The Labute approximate surface area is 173 Å². The van der Waals surface area contributed by atoms with Gasteiger partial charge in [-0.15, -0.1) is 0 Å². The summed E-state index contributed by atoms with van der Waals surface area (Å²) in [7, 11) is 0. The van der Waals surface area contributed by atoms with E-state index >= 15 is 0 Å². The quantitative estimate of drug-likeness (QED) is 0.346. The highest BCUT2D eigenvalue weighted by Gasteiger charge is 2.13. The summed E-state index contributed by atoms with van der Waals surface area (Å²) >= 11 is 0. The number of carboxylic acids is 1. The summed E-state index contributed by atoms with van der Waals surface area (Å²) in [6.07, 6.45) is 1.32. The number of nitrogens with zero attached hydrogens (tertiary/aromatic N) is 1. The number of benzene rings is 2. The number of rotatable bonds is 8. The van der Waals surface area contributed by atoms with Crippen LogP contribution < -0.4 is 20.2 Å². The van der Waals surface area contributed by atoms with Gasteiger partial charge in [0, 0.05) is 5.69 Å². The highest BCUT2D eigenvalue weighted by Crippen LogP contribution is 2.28. The van der Waals surface area contributed by atoms with Crippen molar-refractivity contribution in [2.75, 3.05) is 18.5 Å². The lowest BCUT2D eigenvalue weighted by atomic mass is 10.1. The van der Waals surface area contributed by atoms with Gasteiger partial charge in [0.2, 0.25) is 0 Å². The fourth-order valence-electron chi connectivity index (χ4n) is 2.36. The van der Waals surface area contributed by atoms with Crippen LogP contribution in [0.1, 0.15) is 23.6 Å². The molecule has 2 amide bonds. The third-order valence-electron chi connectivity index (χ3n) is 3.97. The molecule has 2 aromatic carbocycles. The molecule has 0 aromatic heterocycles. The van der Waals surface area contributed by atoms with Gasteiger partial charge in [0.05, 0.1) is 12.8 Å². The first kappa shape index (κ1) is 22.4. The van der Waals surface area contributed by atoms with Crippen molar-refractivity contribution in [2.45, 2.75) is 20.8 Å². The van der Waals surface area contributed by atoms with Crippen molar-refractivity contribution < 1.29 is 29.0 Å². The van der Waals surface area contributed by atoms with E-state index in [1.807, 2.05) is 19.9 Å². The molecule has 30 heavy (non-hydrogen) atoms. The van der Waals surface area contributed by atoms with Crippen LogP contribution in [0, 0.1) is 13.8 Å². The number of aryl methyl sites for hydroxylation is 2. The van der Waals surface area contributed by atoms with Gasteiger partial charge in [-0.05, 0) is 67.8 Å². The average molecular weight is 413 g/mol. The third kappa shape index (κ3) is 6.62. The Hall–Kier alpha value is -3.88. The largest absolute Gasteiger partial charge is 0.490 e. The summed E-state index contributed by atoms with van der Waals surface area (Å²) in [4.78, 5) is 34.6. The number of carbonyl (C=O) groups is 3. The molecule has 2 rings (SSSR count). The van der Waals surface area contributed by atoms with Crippen LogP contribution in [0.5, 0.6) is 11.5 Å². The minimum atomic E-state index is -1.11. The van der Waals surface area contributed by atoms with Gasteiger partial charge in [0.15, 0.2) is 18.1 Å². The van der Waals surface area contributed by atoms with Crippen molar-refractivity contribution in [1.82, 2.24) is 5.43 Å². The van der Waals surface area contributed by atoms with E-state index in [-0.39, 0.29) is 5.75 Å². The fraction of sp³-hybridized carbons (Fsp3) is 0.238. The number of hydrazone groups is 1. The number of anilines is 1. The first-order valence-corrected chi connectivity index (χ1v) is 9.13. The number of aliphatic carboxylic acids is 1. The zero-order chi connectivity index (χ0) is 22.1. The van der Waals surface area contributed by atoms with Crippen molar-refractivity contribution in [3.05, 3.63) is 53.1 Å². The standard InChI is InChI=1S/C21H23N3O6/c1-4-29-18-10-15(6-8-17(18)30-12-19(25)26)11-22-24-21(28)20(27)23-16-7-5-13(2)14(3)9-16/h5-11H,4,12H2,1-3H3,(H,23,27)(H,24,28)(H,25,26)/b22-11-. The molecule has 0 unspecified atom stereocenters. The summed E-state index contributed by atoms with van der Waals surface area (Å²) in [5.74, 6) is -2.27. The second-order valence-electron chi connectivity index (χ2n) is 6.27. The van der Waals surface area contributed by atoms with Gasteiger partial charge >= 0.3 is 17.8 Å². The molecule has 0 saturated heterocycles. The summed E-state index contributed by atoms with van der Waals surface area (Å²) in [5.41, 5.74) is 5.29. The lowest BCUT2D eigenvalue weighted by Gasteiger charge is -2.11. The Bertz CT molecular complexity index is 971. The molecular formula is C21H23N3O6. The average Bonchev–Trinajstić information content (AvgIpc) is 2.70. The molecule has 0 radical (unpaired) electrons. The van der Waals surface area contributed by atoms with Gasteiger partial charge in [-0.25, -0.2) is 10.2 Å². The topological polar surface area (TPSA) is 126 Å². The summed E-state index contributed by atoms with van der Waals surface area (Å²) in [6.45, 7) is 5.47. The highest BCUT2D eigenvalue weighted by atomic mass is 16.5. The van der Waals surface area contributed by atoms with E-state index in [2.05, 4.69) is 15.8 Å². The van der Waals surface area contributed by atoms with Crippen molar-refractivity contribution >= 4 is 29.7 Å². The Kier molecular flexibility index (Phi) is 7.92. The van der Waals surface area contributed by atoms with Crippen molar-refractivity contribution in [3.63, 3.8) is 0 Å². The number of carboxylic acid groups (broad SMARTS) is 1. The van der Waals surface area contributed by atoms with E-state index in [4.69, 9.17) is 14.6 Å². The molecule has 0 aliphatic rings. The lowest BCUT2D eigenvalue weighted by molar-refractivity contribution is -0.139. The first-order chi connectivity index (χ1) is 14.3. The van der Waals surface area contributed by atoms with Crippen LogP contribution in [-0.4, -0.2) is 42.3 Å². The van der Waals surface area contributed by atoms with E-state index in [0.29, 0.717) is 23.6 Å². The molecule has 3 N–H and O–H groups in total. The Morgan fingerprint density at radius 2 is 1.77 bits per heavy atom. The van der Waals surface area contributed by atoms with E-state index in [0.717, 1.165) is 11.1 Å². The van der Waals surface area contributed by atoms with Crippen LogP contribution in [0.4, 0.5) is 5.69 Å².